The minimum atomic E-state index is -3.95. The second kappa shape index (κ2) is 39.6. The van der Waals surface area contributed by atoms with Crippen molar-refractivity contribution >= 4 is 84.3 Å². The maximum Gasteiger partial charge on any atom is 0.243 e. The lowest BCUT2D eigenvalue weighted by Gasteiger charge is -2.24. The van der Waals surface area contributed by atoms with Gasteiger partial charge in [0.15, 0.2) is 0 Å². The maximum atomic E-state index is 13.5. The van der Waals surface area contributed by atoms with E-state index in [1.807, 2.05) is 37.3 Å². The number of hydrogen-bond donors (Lipinski definition) is 14. The van der Waals surface area contributed by atoms with Gasteiger partial charge in [-0.1, -0.05) is 117 Å². The first kappa shape index (κ1) is 83.4. The Morgan fingerprint density at radius 1 is 0.509 bits per heavy atom. The third kappa shape index (κ3) is 24.4. The summed E-state index contributed by atoms with van der Waals surface area (Å²) in [6.07, 6.45) is 8.35. The first-order valence-corrected chi connectivity index (χ1v) is 39.8. The van der Waals surface area contributed by atoms with Crippen LogP contribution in [0.1, 0.15) is 98.9 Å². The Morgan fingerprint density at radius 3 is 1.40 bits per heavy atom. The van der Waals surface area contributed by atoms with E-state index in [0.717, 1.165) is 35.4 Å². The van der Waals surface area contributed by atoms with Gasteiger partial charge in [0.05, 0.1) is 43.4 Å². The molecule has 7 aromatic carbocycles. The van der Waals surface area contributed by atoms with Gasteiger partial charge in [-0.25, -0.2) is 16.8 Å². The fourth-order valence-corrected chi connectivity index (χ4v) is 15.8. The Morgan fingerprint density at radius 2 is 0.955 bits per heavy atom. The van der Waals surface area contributed by atoms with Crippen LogP contribution in [0.2, 0.25) is 5.02 Å². The summed E-state index contributed by atoms with van der Waals surface area (Å²) >= 11 is 5.85. The smallest absolute Gasteiger partial charge is 0.243 e. The van der Waals surface area contributed by atoms with E-state index in [-0.39, 0.29) is 96.8 Å². The molecule has 7 aromatic rings. The zero-order valence-corrected chi connectivity index (χ0v) is 63.8. The van der Waals surface area contributed by atoms with Crippen molar-refractivity contribution in [2.75, 3.05) is 51.4 Å². The minimum Gasteiger partial charge on any atom is -0.497 e. The Kier molecular flexibility index (Phi) is 30.0. The van der Waals surface area contributed by atoms with Crippen LogP contribution >= 0.6 is 11.6 Å². The summed E-state index contributed by atoms with van der Waals surface area (Å²) in [5.41, 5.74) is 25.7. The third-order valence-corrected chi connectivity index (χ3v) is 22.1. The number of carbonyl (C=O) groups is 4. The second-order valence-electron chi connectivity index (χ2n) is 27.0. The molecule has 0 radical (unpaired) electrons. The topological polar surface area (TPSA) is 461 Å². The fraction of sp³-hybridized carbons (Fsp3) is 0.359. The van der Waals surface area contributed by atoms with Crippen molar-refractivity contribution in [2.24, 2.45) is 22.9 Å². The summed E-state index contributed by atoms with van der Waals surface area (Å²) in [7, 11) is -6.00. The SMILES string of the molecule is CCCNC(=O)[C@@H]1C[C@@H](Oc2cccc(C(=N)N)c2)CN1.COc1ccc(CNC(=O)[C@@H]2C[C@@H](Oc3cccc(C(=N)N)c3)CN2S(=O)(=O)c2ccccc2)cc1.CS(=O)(=O)N1C[C@H](Oc2cccc(C(=N)N)c2)C[C@H]1C(=O)Nc1ccc(Cl)cc1.N=C(N)c1cccc(O[C@H]2CN[C@H](C(=O)NC3CCCCC3)C2)c1. The summed E-state index contributed by atoms with van der Waals surface area (Å²) in [6, 6.07) is 47.7. The van der Waals surface area contributed by atoms with Gasteiger partial charge in [-0.05, 0) is 122 Å². The van der Waals surface area contributed by atoms with Crippen LogP contribution in [0.15, 0.2) is 181 Å². The summed E-state index contributed by atoms with van der Waals surface area (Å²) < 4.78 is 82.6. The number of sulfonamides is 2. The lowest BCUT2D eigenvalue weighted by molar-refractivity contribution is -0.125. The van der Waals surface area contributed by atoms with Crippen LogP contribution in [0, 0.1) is 21.6 Å². The number of nitrogen functional groups attached to an aromatic ring is 4. The van der Waals surface area contributed by atoms with Crippen LogP contribution in [0.3, 0.4) is 0 Å². The number of anilines is 1. The Labute approximate surface area is 646 Å². The van der Waals surface area contributed by atoms with E-state index in [1.165, 1.54) is 35.7 Å². The molecule has 4 heterocycles. The van der Waals surface area contributed by atoms with Gasteiger partial charge in [-0.2, -0.15) is 8.61 Å². The number of rotatable bonds is 26. The predicted octanol–water partition coefficient (Wildman–Crippen LogP) is 6.69. The van der Waals surface area contributed by atoms with Crippen molar-refractivity contribution in [3.63, 3.8) is 0 Å². The summed E-state index contributed by atoms with van der Waals surface area (Å²) in [4.78, 5) is 50.3. The molecule has 0 unspecified atom stereocenters. The average molecular weight is 1570 g/mol. The highest BCUT2D eigenvalue weighted by molar-refractivity contribution is 7.89. The molecule has 110 heavy (non-hydrogen) atoms. The quantitative estimate of drug-likeness (QED) is 0.0198. The molecule has 0 bridgehead atoms. The third-order valence-electron chi connectivity index (χ3n) is 18.7. The molecule has 0 spiro atoms. The number of hydrogen-bond acceptors (Lipinski definition) is 19. The van der Waals surface area contributed by atoms with Crippen LogP contribution in [-0.2, 0) is 45.8 Å². The molecule has 18 N–H and O–H groups in total. The predicted molar refractivity (Wildman–Crippen MR) is 422 cm³/mol. The van der Waals surface area contributed by atoms with Gasteiger partial charge in [0.2, 0.25) is 43.7 Å². The zero-order chi connectivity index (χ0) is 79.1. The zero-order valence-electron chi connectivity index (χ0n) is 61.5. The molecule has 4 saturated heterocycles. The van der Waals surface area contributed by atoms with E-state index in [2.05, 4.69) is 31.9 Å². The second-order valence-corrected chi connectivity index (χ2v) is 31.3. The minimum absolute atomic E-state index is 0.00213. The van der Waals surface area contributed by atoms with E-state index < -0.39 is 56.2 Å². The summed E-state index contributed by atoms with van der Waals surface area (Å²) in [6.45, 7) is 4.29. The summed E-state index contributed by atoms with van der Waals surface area (Å²) in [5, 5.41) is 48.6. The van der Waals surface area contributed by atoms with Gasteiger partial charge in [-0.3, -0.25) is 40.8 Å². The highest BCUT2D eigenvalue weighted by atomic mass is 35.5. The normalized spacial score (nSPS) is 20.4. The highest BCUT2D eigenvalue weighted by Gasteiger charge is 2.46. The van der Waals surface area contributed by atoms with Gasteiger partial charge in [0, 0.05) is 90.9 Å². The molecule has 8 atom stereocenters. The van der Waals surface area contributed by atoms with E-state index in [4.69, 9.17) is 79.9 Å². The van der Waals surface area contributed by atoms with E-state index in [1.54, 1.807) is 141 Å². The van der Waals surface area contributed by atoms with Crippen LogP contribution < -0.4 is 78.5 Å². The van der Waals surface area contributed by atoms with Gasteiger partial charge >= 0.3 is 0 Å². The lowest BCUT2D eigenvalue weighted by atomic mass is 9.95. The molecule has 12 rings (SSSR count). The Bertz CT molecular complexity index is 4580. The van der Waals surface area contributed by atoms with Gasteiger partial charge < -0.3 is 78.5 Å². The van der Waals surface area contributed by atoms with Crippen molar-refractivity contribution < 1.29 is 59.7 Å². The van der Waals surface area contributed by atoms with Crippen molar-refractivity contribution in [2.45, 2.75) is 137 Å². The monoisotopic (exact) mass is 1560 g/mol. The van der Waals surface area contributed by atoms with E-state index in [9.17, 15) is 36.0 Å². The molecular weight excluding hydrogens is 1470 g/mol. The molecule has 1 saturated carbocycles. The van der Waals surface area contributed by atoms with Crippen molar-refractivity contribution in [1.29, 1.82) is 21.6 Å². The first-order valence-electron chi connectivity index (χ1n) is 36.1. The average Bonchev–Trinajstić information content (AvgIpc) is 1.61. The van der Waals surface area contributed by atoms with Crippen LogP contribution in [0.25, 0.3) is 0 Å². The van der Waals surface area contributed by atoms with Gasteiger partial charge in [0.1, 0.15) is 88.6 Å². The number of ether oxygens (including phenoxy) is 5. The number of amidine groups is 4. The largest absolute Gasteiger partial charge is 0.497 e. The molecule has 5 fully saturated rings. The molecule has 5 aliphatic rings. The maximum absolute atomic E-state index is 13.5. The van der Waals surface area contributed by atoms with Gasteiger partial charge in [0.25, 0.3) is 0 Å². The molecule has 32 heteroatoms. The molecule has 1 aliphatic carbocycles. The van der Waals surface area contributed by atoms with Crippen LogP contribution in [0.4, 0.5) is 5.69 Å². The van der Waals surface area contributed by atoms with Crippen molar-refractivity contribution in [3.8, 4) is 28.7 Å². The molecule has 0 aromatic heterocycles. The fourth-order valence-electron chi connectivity index (χ4n) is 13.0. The first-order chi connectivity index (χ1) is 52.6. The number of nitrogens with zero attached hydrogens (tertiary/aromatic N) is 2. The van der Waals surface area contributed by atoms with Crippen LogP contribution in [0.5, 0.6) is 28.7 Å². The number of nitrogens with two attached hydrogens (primary N) is 4. The number of methoxy groups -OCH3 is 1. The highest BCUT2D eigenvalue weighted by Crippen LogP contribution is 2.32. The number of nitrogens with one attached hydrogen (secondary N) is 10. The van der Waals surface area contributed by atoms with E-state index >= 15 is 0 Å². The number of carbonyl (C=O) groups excluding carboxylic acids is 4. The lowest BCUT2D eigenvalue weighted by Crippen LogP contribution is -2.45. The number of benzene rings is 7. The molecule has 29 nitrogen and oxygen atoms in total. The van der Waals surface area contributed by atoms with Crippen LogP contribution in [-0.4, -0.2) is 173 Å². The number of amides is 4. The number of halogens is 1. The standard InChI is InChI=1S/C26H28N4O5S.C19H21ClN4O4S.C18H26N4O2.C15H22N4O2/c1-34-20-12-10-18(11-13-20)16-29-26(31)24-15-22(35-21-7-5-6-19(14-21)25(27)28)17-30(24)36(32,33)23-8-3-2-4-9-23;1-29(26,27)24-11-16(28-15-4-2-3-12(9-15)18(21)22)10-17(24)19(25)23-14-7-5-13(20)6-8-14;19-17(20)12-5-4-8-14(9-12)24-15-10-16(21-11-15)18(23)22-13-6-2-1-3-7-13;1-2-6-18-15(20)13-8-12(9-19-13)21-11-5-3-4-10(7-11)14(16)17/h2-14,22,24H,15-17H2,1H3,(H3,27,28)(H,29,31);2-9,16-17H,10-11H2,1H3,(H3,21,22)(H,23,25);4-5,8-9,13,15-16,21H,1-3,6-7,10-11H2,(H3,19,20)(H,22,23);3-5,7,12-13,19H,2,6,8-9H2,1H3,(H3,16,17)(H,18,20)/t22-,24+;16-,17+;15-,16+;12-,13+/m1111/s1. The van der Waals surface area contributed by atoms with E-state index in [0.29, 0.717) is 100 Å². The molecule has 4 amide bonds. The Hall–Kier alpha value is -10.7. The molecule has 586 valence electrons. The van der Waals surface area contributed by atoms with Gasteiger partial charge in [-0.15, -0.1) is 0 Å². The van der Waals surface area contributed by atoms with Crippen molar-refractivity contribution in [3.05, 3.63) is 209 Å². The molecule has 4 aliphatic heterocycles. The Balaban J connectivity index is 0.000000172. The van der Waals surface area contributed by atoms with Crippen molar-refractivity contribution in [1.82, 2.24) is 35.2 Å². The molecular formula is C78H97ClN16O13S2. The summed E-state index contributed by atoms with van der Waals surface area (Å²) in [5.74, 6) is 2.06.